The third kappa shape index (κ3) is 5.56. The molecule has 6 nitrogen and oxygen atoms in total. The summed E-state index contributed by atoms with van der Waals surface area (Å²) in [5.41, 5.74) is -0.904. The Balaban J connectivity index is 2.42. The Kier molecular flexibility index (Phi) is 6.62. The number of nitrogens with one attached hydrogen (secondary N) is 1. The lowest BCUT2D eigenvalue weighted by Crippen LogP contribution is -2.50. The van der Waals surface area contributed by atoms with Crippen molar-refractivity contribution in [1.29, 1.82) is 0 Å². The largest absolute Gasteiger partial charge is 0.480 e. The van der Waals surface area contributed by atoms with Crippen molar-refractivity contribution in [2.45, 2.75) is 51.1 Å². The highest BCUT2D eigenvalue weighted by Crippen LogP contribution is 2.18. The van der Waals surface area contributed by atoms with Gasteiger partial charge < -0.3 is 15.3 Å². The van der Waals surface area contributed by atoms with Gasteiger partial charge in [0, 0.05) is 6.04 Å². The van der Waals surface area contributed by atoms with E-state index in [1.807, 2.05) is 18.9 Å². The van der Waals surface area contributed by atoms with Crippen molar-refractivity contribution in [2.24, 2.45) is 0 Å². The maximum absolute atomic E-state index is 11.5. The number of carboxylic acid groups (broad SMARTS) is 1. The Labute approximate surface area is 127 Å². The first-order valence-corrected chi connectivity index (χ1v) is 9.41. The van der Waals surface area contributed by atoms with Crippen LogP contribution in [0.3, 0.4) is 0 Å². The van der Waals surface area contributed by atoms with Gasteiger partial charge in [0.1, 0.15) is 5.54 Å². The quantitative estimate of drug-likeness (QED) is 0.651. The first-order chi connectivity index (χ1) is 9.70. The smallest absolute Gasteiger partial charge is 0.323 e. The van der Waals surface area contributed by atoms with Crippen molar-refractivity contribution >= 4 is 15.8 Å². The number of carboxylic acids is 1. The fourth-order valence-corrected chi connectivity index (χ4v) is 4.46. The van der Waals surface area contributed by atoms with Gasteiger partial charge in [-0.15, -0.1) is 0 Å². The summed E-state index contributed by atoms with van der Waals surface area (Å²) in [5.74, 6) is -0.331. The summed E-state index contributed by atoms with van der Waals surface area (Å²) in [4.78, 5) is 13.4. The Morgan fingerprint density at radius 3 is 2.62 bits per heavy atom. The second-order valence-electron chi connectivity index (χ2n) is 6.21. The van der Waals surface area contributed by atoms with Crippen LogP contribution in [0.1, 0.15) is 39.5 Å². The van der Waals surface area contributed by atoms with E-state index in [0.717, 1.165) is 19.4 Å². The number of nitrogens with zero attached hydrogens (tertiary/aromatic N) is 1. The van der Waals surface area contributed by atoms with E-state index in [1.54, 1.807) is 6.92 Å². The van der Waals surface area contributed by atoms with E-state index in [1.165, 1.54) is 0 Å². The summed E-state index contributed by atoms with van der Waals surface area (Å²) in [6.45, 7) is 5.12. The van der Waals surface area contributed by atoms with Gasteiger partial charge in [-0.25, -0.2) is 8.42 Å². The van der Waals surface area contributed by atoms with Crippen molar-refractivity contribution in [2.75, 3.05) is 31.6 Å². The van der Waals surface area contributed by atoms with Gasteiger partial charge >= 0.3 is 5.97 Å². The van der Waals surface area contributed by atoms with Gasteiger partial charge in [-0.1, -0.05) is 6.92 Å². The molecular formula is C14H28N2O4S. The number of aliphatic carboxylic acids is 1. The lowest BCUT2D eigenvalue weighted by molar-refractivity contribution is -0.144. The zero-order valence-corrected chi connectivity index (χ0v) is 14.1. The van der Waals surface area contributed by atoms with E-state index in [-0.39, 0.29) is 17.5 Å². The monoisotopic (exact) mass is 320 g/mol. The minimum absolute atomic E-state index is 0.0784. The van der Waals surface area contributed by atoms with Crippen LogP contribution in [0.4, 0.5) is 0 Å². The molecule has 0 saturated carbocycles. The zero-order chi connectivity index (χ0) is 16.1. The van der Waals surface area contributed by atoms with Crippen LogP contribution in [0, 0.1) is 0 Å². The summed E-state index contributed by atoms with van der Waals surface area (Å²) >= 11 is 0. The molecule has 124 valence electrons. The second kappa shape index (κ2) is 7.56. The van der Waals surface area contributed by atoms with Crippen LogP contribution in [-0.2, 0) is 14.6 Å². The molecule has 1 aliphatic rings. The van der Waals surface area contributed by atoms with Gasteiger partial charge in [0.25, 0.3) is 0 Å². The SMILES string of the molecule is CCCNC(C)(CCCN(C)C1CCS(=O)(=O)C1)C(=O)O. The molecule has 2 atom stereocenters. The van der Waals surface area contributed by atoms with E-state index in [9.17, 15) is 18.3 Å². The van der Waals surface area contributed by atoms with Crippen molar-refractivity contribution in [3.63, 3.8) is 0 Å². The first kappa shape index (κ1) is 18.4. The minimum atomic E-state index is -2.87. The molecule has 0 aromatic rings. The van der Waals surface area contributed by atoms with Gasteiger partial charge in [-0.05, 0) is 52.7 Å². The highest BCUT2D eigenvalue weighted by atomic mass is 32.2. The van der Waals surface area contributed by atoms with Gasteiger partial charge in [-0.2, -0.15) is 0 Å². The fraction of sp³-hybridized carbons (Fsp3) is 0.929. The molecule has 21 heavy (non-hydrogen) atoms. The summed E-state index contributed by atoms with van der Waals surface area (Å²) in [5, 5.41) is 12.4. The maximum Gasteiger partial charge on any atom is 0.323 e. The summed E-state index contributed by atoms with van der Waals surface area (Å²) < 4.78 is 22.9. The van der Waals surface area contributed by atoms with Crippen molar-refractivity contribution < 1.29 is 18.3 Å². The number of sulfone groups is 1. The minimum Gasteiger partial charge on any atom is -0.480 e. The molecular weight excluding hydrogens is 292 g/mol. The Morgan fingerprint density at radius 1 is 1.48 bits per heavy atom. The molecule has 2 unspecified atom stereocenters. The lowest BCUT2D eigenvalue weighted by atomic mass is 9.95. The summed E-state index contributed by atoms with van der Waals surface area (Å²) in [6.07, 6.45) is 2.84. The standard InChI is InChI=1S/C14H28N2O4S/c1-4-8-15-14(2,13(17)18)7-5-9-16(3)12-6-10-21(19,20)11-12/h12,15H,4-11H2,1-3H3,(H,17,18). The molecule has 1 fully saturated rings. The molecule has 0 aromatic carbocycles. The van der Waals surface area contributed by atoms with Crippen LogP contribution < -0.4 is 5.32 Å². The predicted octanol–water partition coefficient (Wildman–Crippen LogP) is 0.728. The van der Waals surface area contributed by atoms with Crippen molar-refractivity contribution in [3.05, 3.63) is 0 Å². The van der Waals surface area contributed by atoms with Crippen LogP contribution >= 0.6 is 0 Å². The Bertz CT molecular complexity index is 452. The molecule has 0 radical (unpaired) electrons. The van der Waals surface area contributed by atoms with Crippen LogP contribution in [0.15, 0.2) is 0 Å². The number of rotatable bonds is 9. The molecule has 0 spiro atoms. The average molecular weight is 320 g/mol. The van der Waals surface area contributed by atoms with Gasteiger partial charge in [-0.3, -0.25) is 4.79 Å². The maximum atomic E-state index is 11.5. The summed E-state index contributed by atoms with van der Waals surface area (Å²) in [6, 6.07) is 0.0784. The third-order valence-corrected chi connectivity index (χ3v) is 6.01. The molecule has 1 rings (SSSR count). The topological polar surface area (TPSA) is 86.7 Å². The molecule has 1 aliphatic heterocycles. The van der Waals surface area contributed by atoms with Gasteiger partial charge in [0.15, 0.2) is 9.84 Å². The Hall–Kier alpha value is -0.660. The highest BCUT2D eigenvalue weighted by Gasteiger charge is 2.33. The van der Waals surface area contributed by atoms with E-state index in [4.69, 9.17) is 0 Å². The van der Waals surface area contributed by atoms with Crippen LogP contribution in [0.2, 0.25) is 0 Å². The average Bonchev–Trinajstić information content (AvgIpc) is 2.76. The van der Waals surface area contributed by atoms with Gasteiger partial charge in [0.05, 0.1) is 11.5 Å². The molecule has 0 amide bonds. The molecule has 0 aliphatic carbocycles. The zero-order valence-electron chi connectivity index (χ0n) is 13.3. The Morgan fingerprint density at radius 2 is 2.14 bits per heavy atom. The number of hydrogen-bond donors (Lipinski definition) is 2. The van der Waals surface area contributed by atoms with Crippen LogP contribution in [0.25, 0.3) is 0 Å². The van der Waals surface area contributed by atoms with Crippen LogP contribution in [0.5, 0.6) is 0 Å². The molecule has 2 N–H and O–H groups in total. The molecule has 0 bridgehead atoms. The van der Waals surface area contributed by atoms with Crippen LogP contribution in [-0.4, -0.2) is 67.6 Å². The van der Waals surface area contributed by atoms with E-state index in [0.29, 0.717) is 19.4 Å². The third-order valence-electron chi connectivity index (χ3n) is 4.26. The van der Waals surface area contributed by atoms with E-state index >= 15 is 0 Å². The first-order valence-electron chi connectivity index (χ1n) is 7.59. The molecule has 1 heterocycles. The number of carbonyl (C=O) groups is 1. The highest BCUT2D eigenvalue weighted by molar-refractivity contribution is 7.91. The van der Waals surface area contributed by atoms with E-state index in [2.05, 4.69) is 5.32 Å². The lowest BCUT2D eigenvalue weighted by Gasteiger charge is -2.28. The molecule has 7 heteroatoms. The normalized spacial score (nSPS) is 24.1. The van der Waals surface area contributed by atoms with E-state index < -0.39 is 21.3 Å². The fourth-order valence-electron chi connectivity index (χ4n) is 2.66. The second-order valence-corrected chi connectivity index (χ2v) is 8.43. The van der Waals surface area contributed by atoms with Crippen molar-refractivity contribution in [3.8, 4) is 0 Å². The summed E-state index contributed by atoms with van der Waals surface area (Å²) in [7, 11) is -0.948. The number of hydrogen-bond acceptors (Lipinski definition) is 5. The molecule has 0 aromatic heterocycles. The molecule has 1 saturated heterocycles. The van der Waals surface area contributed by atoms with Gasteiger partial charge in [0.2, 0.25) is 0 Å². The van der Waals surface area contributed by atoms with Crippen molar-refractivity contribution in [1.82, 2.24) is 10.2 Å². The predicted molar refractivity (Wildman–Crippen MR) is 83.3 cm³/mol.